The molecule has 5 N–H and O–H groups in total. The molecule has 0 spiro atoms. The van der Waals surface area contributed by atoms with Crippen molar-refractivity contribution in [2.75, 3.05) is 11.9 Å². The third-order valence-corrected chi connectivity index (χ3v) is 3.16. The lowest BCUT2D eigenvalue weighted by Gasteiger charge is -2.38. The molecule has 0 bridgehead atoms. The largest absolute Gasteiger partial charge is 0.383 e. The van der Waals surface area contributed by atoms with Crippen LogP contribution in [-0.2, 0) is 0 Å². The standard InChI is InChI=1S/C12H17N3O/c13-11(16)9-2-4-10(5-3-9)15-8-12(14)6-1-7-12/h2-5,15H,1,6-8,14H2,(H2,13,16). The number of amides is 1. The molecule has 0 saturated heterocycles. The molecular formula is C12H17N3O. The van der Waals surface area contributed by atoms with Gasteiger partial charge < -0.3 is 16.8 Å². The van der Waals surface area contributed by atoms with E-state index >= 15 is 0 Å². The number of nitrogens with two attached hydrogens (primary N) is 2. The summed E-state index contributed by atoms with van der Waals surface area (Å²) in [7, 11) is 0. The Kier molecular flexibility index (Phi) is 2.83. The van der Waals surface area contributed by atoms with Crippen LogP contribution in [0.15, 0.2) is 24.3 Å². The van der Waals surface area contributed by atoms with Gasteiger partial charge in [-0.1, -0.05) is 0 Å². The molecule has 0 radical (unpaired) electrons. The van der Waals surface area contributed by atoms with Gasteiger partial charge in [-0.15, -0.1) is 0 Å². The van der Waals surface area contributed by atoms with E-state index < -0.39 is 5.91 Å². The molecule has 0 aromatic heterocycles. The lowest BCUT2D eigenvalue weighted by atomic mass is 9.78. The van der Waals surface area contributed by atoms with Crippen LogP contribution in [0.1, 0.15) is 29.6 Å². The summed E-state index contributed by atoms with van der Waals surface area (Å²) in [6, 6.07) is 7.13. The molecule has 1 saturated carbocycles. The van der Waals surface area contributed by atoms with Crippen molar-refractivity contribution in [2.24, 2.45) is 11.5 Å². The Balaban J connectivity index is 1.92. The topological polar surface area (TPSA) is 81.1 Å². The van der Waals surface area contributed by atoms with Gasteiger partial charge in [-0.3, -0.25) is 4.79 Å². The van der Waals surface area contributed by atoms with E-state index in [-0.39, 0.29) is 5.54 Å². The van der Waals surface area contributed by atoms with Crippen LogP contribution in [-0.4, -0.2) is 18.0 Å². The third-order valence-electron chi connectivity index (χ3n) is 3.16. The van der Waals surface area contributed by atoms with Crippen molar-refractivity contribution in [1.82, 2.24) is 0 Å². The maximum Gasteiger partial charge on any atom is 0.248 e. The molecule has 0 aliphatic heterocycles. The molecule has 1 aromatic carbocycles. The second-order valence-electron chi connectivity index (χ2n) is 4.51. The minimum atomic E-state index is -0.402. The summed E-state index contributed by atoms with van der Waals surface area (Å²) in [5.41, 5.74) is 12.7. The molecular weight excluding hydrogens is 202 g/mol. The molecule has 1 fully saturated rings. The highest BCUT2D eigenvalue weighted by Gasteiger charge is 2.31. The van der Waals surface area contributed by atoms with Gasteiger partial charge in [0.1, 0.15) is 0 Å². The van der Waals surface area contributed by atoms with E-state index in [1.165, 1.54) is 6.42 Å². The highest BCUT2D eigenvalue weighted by Crippen LogP contribution is 2.29. The summed E-state index contributed by atoms with van der Waals surface area (Å²) >= 11 is 0. The Bertz CT molecular complexity index is 382. The molecule has 2 rings (SSSR count). The first-order valence-corrected chi connectivity index (χ1v) is 5.52. The fraction of sp³-hybridized carbons (Fsp3) is 0.417. The van der Waals surface area contributed by atoms with E-state index in [9.17, 15) is 4.79 Å². The second-order valence-corrected chi connectivity index (χ2v) is 4.51. The van der Waals surface area contributed by atoms with Crippen molar-refractivity contribution < 1.29 is 4.79 Å². The average molecular weight is 219 g/mol. The third kappa shape index (κ3) is 2.33. The van der Waals surface area contributed by atoms with Gasteiger partial charge in [0, 0.05) is 23.3 Å². The van der Waals surface area contributed by atoms with Crippen molar-refractivity contribution in [3.63, 3.8) is 0 Å². The van der Waals surface area contributed by atoms with Crippen molar-refractivity contribution in [3.05, 3.63) is 29.8 Å². The molecule has 0 atom stereocenters. The fourth-order valence-corrected chi connectivity index (χ4v) is 1.84. The molecule has 1 amide bonds. The van der Waals surface area contributed by atoms with E-state index in [1.807, 2.05) is 12.1 Å². The number of carbonyl (C=O) groups is 1. The first-order valence-electron chi connectivity index (χ1n) is 5.52. The monoisotopic (exact) mass is 219 g/mol. The molecule has 4 nitrogen and oxygen atoms in total. The van der Waals surface area contributed by atoms with E-state index in [0.717, 1.165) is 25.1 Å². The summed E-state index contributed by atoms with van der Waals surface area (Å²) in [5.74, 6) is -0.402. The highest BCUT2D eigenvalue weighted by molar-refractivity contribution is 5.93. The van der Waals surface area contributed by atoms with Gasteiger partial charge in [0.25, 0.3) is 0 Å². The fourth-order valence-electron chi connectivity index (χ4n) is 1.84. The Labute approximate surface area is 95.0 Å². The molecule has 0 heterocycles. The molecule has 1 aromatic rings. The van der Waals surface area contributed by atoms with Gasteiger partial charge in [-0.2, -0.15) is 0 Å². The summed E-state index contributed by atoms with van der Waals surface area (Å²) in [6.45, 7) is 0.781. The minimum Gasteiger partial charge on any atom is -0.383 e. The number of rotatable bonds is 4. The van der Waals surface area contributed by atoms with Gasteiger partial charge in [0.2, 0.25) is 5.91 Å². The molecule has 1 aliphatic carbocycles. The number of carbonyl (C=O) groups excluding carboxylic acids is 1. The van der Waals surface area contributed by atoms with Crippen molar-refractivity contribution in [3.8, 4) is 0 Å². The quantitative estimate of drug-likeness (QED) is 0.708. The number of anilines is 1. The number of nitrogens with one attached hydrogen (secondary N) is 1. The zero-order chi connectivity index (χ0) is 11.6. The summed E-state index contributed by atoms with van der Waals surface area (Å²) < 4.78 is 0. The Hall–Kier alpha value is -1.55. The van der Waals surface area contributed by atoms with Crippen molar-refractivity contribution in [1.29, 1.82) is 0 Å². The molecule has 0 unspecified atom stereocenters. The second kappa shape index (κ2) is 4.14. The summed E-state index contributed by atoms with van der Waals surface area (Å²) in [6.07, 6.45) is 3.39. The zero-order valence-electron chi connectivity index (χ0n) is 9.20. The SMILES string of the molecule is NC(=O)c1ccc(NCC2(N)CCC2)cc1. The lowest BCUT2D eigenvalue weighted by molar-refractivity contribution is 0.100. The van der Waals surface area contributed by atoms with Gasteiger partial charge in [-0.05, 0) is 43.5 Å². The first-order chi connectivity index (χ1) is 7.59. The van der Waals surface area contributed by atoms with Gasteiger partial charge in [0.05, 0.1) is 0 Å². The predicted octanol–water partition coefficient (Wildman–Crippen LogP) is 1.08. The Morgan fingerprint density at radius 2 is 1.94 bits per heavy atom. The van der Waals surface area contributed by atoms with E-state index in [2.05, 4.69) is 5.32 Å². The van der Waals surface area contributed by atoms with Crippen LogP contribution in [0.4, 0.5) is 5.69 Å². The number of benzene rings is 1. The number of primary amides is 1. The highest BCUT2D eigenvalue weighted by atomic mass is 16.1. The molecule has 86 valence electrons. The maximum atomic E-state index is 10.9. The molecule has 1 aliphatic rings. The average Bonchev–Trinajstić information content (AvgIpc) is 2.24. The Morgan fingerprint density at radius 3 is 2.38 bits per heavy atom. The maximum absolute atomic E-state index is 10.9. The zero-order valence-corrected chi connectivity index (χ0v) is 9.20. The van der Waals surface area contributed by atoms with E-state index in [0.29, 0.717) is 5.56 Å². The minimum absolute atomic E-state index is 0.0393. The van der Waals surface area contributed by atoms with Crippen molar-refractivity contribution in [2.45, 2.75) is 24.8 Å². The van der Waals surface area contributed by atoms with E-state index in [1.54, 1.807) is 12.1 Å². The summed E-state index contributed by atoms with van der Waals surface area (Å²) in [4.78, 5) is 10.9. The van der Waals surface area contributed by atoms with Crippen LogP contribution in [0.25, 0.3) is 0 Å². The Morgan fingerprint density at radius 1 is 1.31 bits per heavy atom. The lowest BCUT2D eigenvalue weighted by Crippen LogP contribution is -2.51. The van der Waals surface area contributed by atoms with E-state index in [4.69, 9.17) is 11.5 Å². The molecule has 16 heavy (non-hydrogen) atoms. The van der Waals surface area contributed by atoms with Crippen LogP contribution in [0, 0.1) is 0 Å². The smallest absolute Gasteiger partial charge is 0.248 e. The first kappa shape index (κ1) is 11.0. The number of hydrogen-bond acceptors (Lipinski definition) is 3. The van der Waals surface area contributed by atoms with Gasteiger partial charge in [-0.25, -0.2) is 0 Å². The van der Waals surface area contributed by atoms with Crippen molar-refractivity contribution >= 4 is 11.6 Å². The van der Waals surface area contributed by atoms with Crippen LogP contribution in [0.5, 0.6) is 0 Å². The predicted molar refractivity (Wildman–Crippen MR) is 64.2 cm³/mol. The van der Waals surface area contributed by atoms with Gasteiger partial charge >= 0.3 is 0 Å². The van der Waals surface area contributed by atoms with Crippen LogP contribution >= 0.6 is 0 Å². The van der Waals surface area contributed by atoms with Crippen LogP contribution in [0.3, 0.4) is 0 Å². The summed E-state index contributed by atoms with van der Waals surface area (Å²) in [5, 5.41) is 3.28. The van der Waals surface area contributed by atoms with Crippen LogP contribution in [0.2, 0.25) is 0 Å². The van der Waals surface area contributed by atoms with Crippen LogP contribution < -0.4 is 16.8 Å². The number of hydrogen-bond donors (Lipinski definition) is 3. The molecule has 4 heteroatoms. The normalized spacial score (nSPS) is 17.6. The van der Waals surface area contributed by atoms with Gasteiger partial charge in [0.15, 0.2) is 0 Å².